The van der Waals surface area contributed by atoms with E-state index < -0.39 is 55.1 Å². The van der Waals surface area contributed by atoms with Gasteiger partial charge >= 0.3 is 8.80 Å². The molecule has 0 bridgehead atoms. The lowest BCUT2D eigenvalue weighted by atomic mass is 10.0. The van der Waals surface area contributed by atoms with Crippen LogP contribution in [0, 0.1) is 0 Å². The van der Waals surface area contributed by atoms with E-state index in [1.165, 1.54) is 0 Å². The van der Waals surface area contributed by atoms with Crippen molar-refractivity contribution in [1.82, 2.24) is 0 Å². The van der Waals surface area contributed by atoms with Crippen LogP contribution in [0.4, 0.5) is 0 Å². The molecule has 0 aliphatic carbocycles. The van der Waals surface area contributed by atoms with Crippen LogP contribution < -0.4 is 0 Å². The first-order valence-corrected chi connectivity index (χ1v) is 13.0. The van der Waals surface area contributed by atoms with Gasteiger partial charge in [-0.15, -0.1) is 0 Å². The van der Waals surface area contributed by atoms with Crippen LogP contribution in [-0.4, -0.2) is 106 Å². The fraction of sp³-hybridized carbons (Fsp3) is 1.00. The van der Waals surface area contributed by atoms with Crippen LogP contribution in [0.15, 0.2) is 0 Å². The molecule has 0 radical (unpaired) electrons. The van der Waals surface area contributed by atoms with Gasteiger partial charge in [0.15, 0.2) is 0 Å². The van der Waals surface area contributed by atoms with E-state index in [9.17, 15) is 25.5 Å². The minimum absolute atomic E-state index is 0.488. The van der Waals surface area contributed by atoms with Crippen LogP contribution in [0.2, 0.25) is 12.1 Å². The Balaban J connectivity index is 4.46. The van der Waals surface area contributed by atoms with Gasteiger partial charge in [-0.1, -0.05) is 12.5 Å². The van der Waals surface area contributed by atoms with Gasteiger partial charge < -0.3 is 43.9 Å². The molecule has 26 heavy (non-hydrogen) atoms. The first-order valence-electron chi connectivity index (χ1n) is 9.21. The molecule has 0 aromatic heterocycles. The summed E-state index contributed by atoms with van der Waals surface area (Å²) in [6.45, 7) is 6.34. The molecule has 6 N–H and O–H groups in total. The van der Waals surface area contributed by atoms with E-state index in [4.69, 9.17) is 18.4 Å². The van der Waals surface area contributed by atoms with Crippen molar-refractivity contribution in [3.8, 4) is 0 Å². The highest BCUT2D eigenvalue weighted by atomic mass is 28.4. The third-order valence-electron chi connectivity index (χ3n) is 4.00. The van der Waals surface area contributed by atoms with E-state index in [0.29, 0.717) is 38.3 Å². The van der Waals surface area contributed by atoms with Gasteiger partial charge in [0.05, 0.1) is 21.9 Å². The zero-order valence-corrected chi connectivity index (χ0v) is 18.4. The van der Waals surface area contributed by atoms with Gasteiger partial charge in [0.2, 0.25) is 0 Å². The molecule has 0 saturated heterocycles. The Morgan fingerprint density at radius 1 is 0.808 bits per heavy atom. The van der Waals surface area contributed by atoms with Gasteiger partial charge in [-0.2, -0.15) is 0 Å². The van der Waals surface area contributed by atoms with E-state index in [2.05, 4.69) is 0 Å². The van der Waals surface area contributed by atoms with Gasteiger partial charge in [-0.25, -0.2) is 0 Å². The predicted octanol–water partition coefficient (Wildman–Crippen LogP) is -2.23. The van der Waals surface area contributed by atoms with Gasteiger partial charge in [0.25, 0.3) is 0 Å². The van der Waals surface area contributed by atoms with E-state index in [1.54, 1.807) is 0 Å². The lowest BCUT2D eigenvalue weighted by Crippen LogP contribution is -2.51. The number of hydrogen-bond donors (Lipinski definition) is 6. The molecule has 158 valence electrons. The Bertz CT molecular complexity index is 334. The van der Waals surface area contributed by atoms with Crippen molar-refractivity contribution in [2.24, 2.45) is 0 Å². The molecule has 0 aromatic carbocycles. The molecule has 0 aliphatic heterocycles. The SMILES string of the molecule is CCO[Si](CCC[SiH2]C(O)[C@@H](O)[C@H](O)[C@@H](O)[C@@H](O)CO)(OCC)OCC. The van der Waals surface area contributed by atoms with Crippen molar-refractivity contribution < 1.29 is 43.9 Å². The summed E-state index contributed by atoms with van der Waals surface area (Å²) in [6, 6.07) is 1.26. The normalized spacial score (nSPS) is 18.8. The maximum atomic E-state index is 10.0. The quantitative estimate of drug-likeness (QED) is 0.121. The fourth-order valence-corrected chi connectivity index (χ4v) is 7.40. The van der Waals surface area contributed by atoms with E-state index in [-0.39, 0.29) is 0 Å². The molecule has 11 heteroatoms. The third-order valence-corrected chi connectivity index (χ3v) is 9.14. The molecule has 0 saturated carbocycles. The maximum Gasteiger partial charge on any atom is 0.500 e. The van der Waals surface area contributed by atoms with E-state index in [0.717, 1.165) is 0 Å². The Labute approximate surface area is 158 Å². The second-order valence-electron chi connectivity index (χ2n) is 6.02. The first kappa shape index (κ1) is 26.1. The summed E-state index contributed by atoms with van der Waals surface area (Å²) in [5, 5.41) is 57.4. The van der Waals surface area contributed by atoms with Crippen LogP contribution in [0.5, 0.6) is 0 Å². The average molecular weight is 417 g/mol. The fourth-order valence-electron chi connectivity index (χ4n) is 2.63. The van der Waals surface area contributed by atoms with Crippen molar-refractivity contribution in [3.63, 3.8) is 0 Å². The van der Waals surface area contributed by atoms with Gasteiger partial charge in [-0.05, 0) is 20.8 Å². The molecule has 0 fully saturated rings. The molecule has 0 amide bonds. The Kier molecular flexibility index (Phi) is 14.2. The zero-order valence-electron chi connectivity index (χ0n) is 16.0. The monoisotopic (exact) mass is 416 g/mol. The summed E-state index contributed by atoms with van der Waals surface area (Å²) in [5.41, 5.74) is -1.15. The molecule has 0 spiro atoms. The van der Waals surface area contributed by atoms with Gasteiger partial charge in [-0.3, -0.25) is 0 Å². The number of aliphatic hydroxyl groups excluding tert-OH is 6. The highest BCUT2D eigenvalue weighted by Gasteiger charge is 2.40. The molecule has 0 rings (SSSR count). The highest BCUT2D eigenvalue weighted by Crippen LogP contribution is 2.20. The summed E-state index contributed by atoms with van der Waals surface area (Å²) >= 11 is 0. The molecule has 0 aromatic rings. The van der Waals surface area contributed by atoms with Crippen LogP contribution in [0.3, 0.4) is 0 Å². The van der Waals surface area contributed by atoms with Crippen molar-refractivity contribution in [1.29, 1.82) is 0 Å². The van der Waals surface area contributed by atoms with Crippen LogP contribution in [0.25, 0.3) is 0 Å². The van der Waals surface area contributed by atoms with Crippen LogP contribution in [0.1, 0.15) is 27.2 Å². The summed E-state index contributed by atoms with van der Waals surface area (Å²) < 4.78 is 17.2. The molecule has 1 unspecified atom stereocenters. The molecule has 9 nitrogen and oxygen atoms in total. The Morgan fingerprint density at radius 2 is 1.31 bits per heavy atom. The smallest absolute Gasteiger partial charge is 0.394 e. The van der Waals surface area contributed by atoms with Crippen LogP contribution >= 0.6 is 0 Å². The highest BCUT2D eigenvalue weighted by molar-refractivity contribution is 6.60. The minimum atomic E-state index is -2.73. The maximum absolute atomic E-state index is 10.0. The summed E-state index contributed by atoms with van der Waals surface area (Å²) in [4.78, 5) is 0. The van der Waals surface area contributed by atoms with Crippen molar-refractivity contribution in [2.75, 3.05) is 26.4 Å². The van der Waals surface area contributed by atoms with Gasteiger partial charge in [0.1, 0.15) is 24.4 Å². The standard InChI is InChI=1S/C15H36O9Si2/c1-4-22-26(23-5-2,24-6-3)9-7-8-25-15(21)14(20)13(19)12(18)11(17)10-16/h11-21H,4-10,25H2,1-3H3/t11-,12-,13+,14-,15?/m0/s1. The number of aliphatic hydroxyl groups is 6. The zero-order chi connectivity index (χ0) is 20.2. The molecule has 0 heterocycles. The minimum Gasteiger partial charge on any atom is -0.394 e. The molecular weight excluding hydrogens is 380 g/mol. The van der Waals surface area contributed by atoms with Gasteiger partial charge in [0, 0.05) is 25.9 Å². The Morgan fingerprint density at radius 3 is 1.73 bits per heavy atom. The molecule has 0 aliphatic rings. The summed E-state index contributed by atoms with van der Waals surface area (Å²) in [5.74, 6) is 0. The second-order valence-corrected chi connectivity index (χ2v) is 10.9. The van der Waals surface area contributed by atoms with E-state index in [1.807, 2.05) is 20.8 Å². The lowest BCUT2D eigenvalue weighted by molar-refractivity contribution is -0.129. The van der Waals surface area contributed by atoms with Crippen molar-refractivity contribution in [3.05, 3.63) is 0 Å². The predicted molar refractivity (Wildman–Crippen MR) is 101 cm³/mol. The van der Waals surface area contributed by atoms with Crippen molar-refractivity contribution in [2.45, 2.75) is 69.4 Å². The van der Waals surface area contributed by atoms with E-state index >= 15 is 0 Å². The largest absolute Gasteiger partial charge is 0.500 e. The topological polar surface area (TPSA) is 149 Å². The second kappa shape index (κ2) is 14.1. The third kappa shape index (κ3) is 8.84. The Hall–Kier alpha value is 0.0738. The number of rotatable bonds is 16. The van der Waals surface area contributed by atoms with Crippen LogP contribution in [-0.2, 0) is 13.3 Å². The first-order chi connectivity index (χ1) is 12.3. The molecular formula is C15H36O9Si2. The van der Waals surface area contributed by atoms with Crippen molar-refractivity contribution >= 4 is 18.3 Å². The average Bonchev–Trinajstić information content (AvgIpc) is 2.63. The summed E-state index contributed by atoms with van der Waals surface area (Å²) in [6.07, 6.45) is -5.93. The lowest BCUT2D eigenvalue weighted by Gasteiger charge is -2.29. The number of hydrogen-bond acceptors (Lipinski definition) is 9. The summed E-state index contributed by atoms with van der Waals surface area (Å²) in [7, 11) is -3.91. The molecule has 5 atom stereocenters.